The highest BCUT2D eigenvalue weighted by Gasteiger charge is 2.31. The summed E-state index contributed by atoms with van der Waals surface area (Å²) in [6.07, 6.45) is -3.06. The van der Waals surface area contributed by atoms with E-state index in [2.05, 4.69) is 15.5 Å². The second kappa shape index (κ2) is 9.82. The zero-order chi connectivity index (χ0) is 24.3. The smallest absolute Gasteiger partial charge is 0.416 e. The van der Waals surface area contributed by atoms with Gasteiger partial charge in [-0.1, -0.05) is 23.4 Å². The number of ether oxygens (including phenoxy) is 1. The van der Waals surface area contributed by atoms with Crippen molar-refractivity contribution >= 4 is 35.0 Å². The summed E-state index contributed by atoms with van der Waals surface area (Å²) in [6.45, 7) is 0. The number of rotatable bonds is 7. The molecule has 2 aromatic heterocycles. The minimum atomic E-state index is -4.56. The van der Waals surface area contributed by atoms with Crippen LogP contribution in [0, 0.1) is 0 Å². The Morgan fingerprint density at radius 3 is 2.59 bits per heavy atom. The van der Waals surface area contributed by atoms with Gasteiger partial charge < -0.3 is 14.5 Å². The molecule has 7 nitrogen and oxygen atoms in total. The molecule has 2 aromatic carbocycles. The van der Waals surface area contributed by atoms with Crippen molar-refractivity contribution in [3.63, 3.8) is 0 Å². The Morgan fingerprint density at radius 2 is 1.94 bits per heavy atom. The number of hydrogen-bond acceptors (Lipinski definition) is 6. The number of carbonyl (C=O) groups is 1. The predicted molar refractivity (Wildman–Crippen MR) is 121 cm³/mol. The average molecular weight is 509 g/mol. The van der Waals surface area contributed by atoms with Crippen molar-refractivity contribution in [2.45, 2.75) is 11.3 Å². The van der Waals surface area contributed by atoms with Crippen molar-refractivity contribution in [2.24, 2.45) is 0 Å². The fourth-order valence-electron chi connectivity index (χ4n) is 3.01. The van der Waals surface area contributed by atoms with E-state index in [1.165, 1.54) is 6.26 Å². The van der Waals surface area contributed by atoms with Crippen LogP contribution in [0.2, 0.25) is 5.02 Å². The summed E-state index contributed by atoms with van der Waals surface area (Å²) in [5.41, 5.74) is -0.349. The van der Waals surface area contributed by atoms with E-state index in [1.807, 2.05) is 0 Å². The number of anilines is 1. The van der Waals surface area contributed by atoms with Gasteiger partial charge in [-0.25, -0.2) is 0 Å². The third-order valence-electron chi connectivity index (χ3n) is 4.61. The van der Waals surface area contributed by atoms with Gasteiger partial charge in [-0.3, -0.25) is 9.36 Å². The Hall–Kier alpha value is -3.44. The van der Waals surface area contributed by atoms with E-state index >= 15 is 0 Å². The van der Waals surface area contributed by atoms with Crippen molar-refractivity contribution < 1.29 is 27.1 Å². The summed E-state index contributed by atoms with van der Waals surface area (Å²) in [6, 6.07) is 13.3. The molecule has 0 aliphatic heterocycles. The largest absolute Gasteiger partial charge is 0.497 e. The molecule has 12 heteroatoms. The molecule has 1 amide bonds. The highest BCUT2D eigenvalue weighted by atomic mass is 35.5. The number of methoxy groups -OCH3 is 1. The maximum Gasteiger partial charge on any atom is 0.416 e. The molecule has 0 fully saturated rings. The van der Waals surface area contributed by atoms with Crippen LogP contribution in [0.3, 0.4) is 0 Å². The topological polar surface area (TPSA) is 82.2 Å². The second-order valence-corrected chi connectivity index (χ2v) is 8.20. The van der Waals surface area contributed by atoms with Crippen molar-refractivity contribution in [2.75, 3.05) is 18.2 Å². The summed E-state index contributed by atoms with van der Waals surface area (Å²) >= 11 is 7.01. The zero-order valence-corrected chi connectivity index (χ0v) is 19.0. The number of carbonyl (C=O) groups excluding carboxylic acids is 1. The molecule has 0 aliphatic rings. The lowest BCUT2D eigenvalue weighted by atomic mass is 10.2. The summed E-state index contributed by atoms with van der Waals surface area (Å²) in [5.74, 6) is 0.825. The van der Waals surface area contributed by atoms with Crippen LogP contribution in [0.1, 0.15) is 5.56 Å². The van der Waals surface area contributed by atoms with Crippen LogP contribution in [-0.2, 0) is 11.0 Å². The van der Waals surface area contributed by atoms with Crippen LogP contribution in [0.5, 0.6) is 5.75 Å². The number of amides is 1. The number of benzene rings is 2. The summed E-state index contributed by atoms with van der Waals surface area (Å²) < 4.78 is 51.3. The first-order valence-electron chi connectivity index (χ1n) is 9.69. The Labute approximate surface area is 200 Å². The quantitative estimate of drug-likeness (QED) is 0.311. The fourth-order valence-corrected chi connectivity index (χ4v) is 3.92. The first-order chi connectivity index (χ1) is 16.3. The van der Waals surface area contributed by atoms with E-state index in [9.17, 15) is 18.0 Å². The normalized spacial score (nSPS) is 11.4. The molecule has 0 saturated carbocycles. The third kappa shape index (κ3) is 5.20. The van der Waals surface area contributed by atoms with Crippen LogP contribution >= 0.6 is 23.4 Å². The molecule has 176 valence electrons. The molecule has 0 bridgehead atoms. The molecular formula is C22H16ClF3N4O3S. The van der Waals surface area contributed by atoms with Crippen LogP contribution < -0.4 is 10.1 Å². The summed E-state index contributed by atoms with van der Waals surface area (Å²) in [7, 11) is 1.55. The highest BCUT2D eigenvalue weighted by molar-refractivity contribution is 7.99. The molecule has 4 aromatic rings. The third-order valence-corrected chi connectivity index (χ3v) is 5.86. The van der Waals surface area contributed by atoms with Gasteiger partial charge in [0.25, 0.3) is 0 Å². The number of nitrogens with zero attached hydrogens (tertiary/aromatic N) is 3. The van der Waals surface area contributed by atoms with Gasteiger partial charge in [0, 0.05) is 0 Å². The zero-order valence-electron chi connectivity index (χ0n) is 17.5. The van der Waals surface area contributed by atoms with Gasteiger partial charge in [-0.15, -0.1) is 10.2 Å². The SMILES string of the molecule is COc1ccc(-n2c(SCC(=O)Nc3cc(C(F)(F)F)ccc3Cl)nnc2-c2ccco2)cc1. The molecule has 0 aliphatic carbocycles. The average Bonchev–Trinajstić information content (AvgIpc) is 3.48. The van der Waals surface area contributed by atoms with Crippen molar-refractivity contribution in [1.29, 1.82) is 0 Å². The summed E-state index contributed by atoms with van der Waals surface area (Å²) in [4.78, 5) is 12.5. The maximum atomic E-state index is 13.0. The highest BCUT2D eigenvalue weighted by Crippen LogP contribution is 2.34. The molecule has 0 radical (unpaired) electrons. The summed E-state index contributed by atoms with van der Waals surface area (Å²) in [5, 5.41) is 11.1. The minimum absolute atomic E-state index is 0.00662. The van der Waals surface area contributed by atoms with Gasteiger partial charge in [0.1, 0.15) is 5.75 Å². The van der Waals surface area contributed by atoms with Crippen LogP contribution in [0.25, 0.3) is 17.3 Å². The van der Waals surface area contributed by atoms with Crippen molar-refractivity contribution in [1.82, 2.24) is 14.8 Å². The maximum absolute atomic E-state index is 13.0. The monoisotopic (exact) mass is 508 g/mol. The van der Waals surface area contributed by atoms with Gasteiger partial charge in [0.2, 0.25) is 11.7 Å². The van der Waals surface area contributed by atoms with Crippen LogP contribution in [0.4, 0.5) is 18.9 Å². The molecule has 0 saturated heterocycles. The van der Waals surface area contributed by atoms with E-state index in [0.717, 1.165) is 30.0 Å². The Balaban J connectivity index is 1.56. The number of alkyl halides is 3. The first kappa shape index (κ1) is 23.7. The standard InChI is InChI=1S/C22H16ClF3N4O3S/c1-32-15-7-5-14(6-8-15)30-20(18-3-2-10-33-18)28-29-21(30)34-12-19(31)27-17-11-13(22(24,25)26)4-9-16(17)23/h2-11H,12H2,1H3,(H,27,31). The lowest BCUT2D eigenvalue weighted by Gasteiger charge is -2.12. The van der Waals surface area contributed by atoms with Crippen molar-refractivity contribution in [3.05, 3.63) is 71.4 Å². The fraction of sp³-hybridized carbons (Fsp3) is 0.136. The number of thioether (sulfide) groups is 1. The number of halogens is 4. The minimum Gasteiger partial charge on any atom is -0.497 e. The molecule has 0 spiro atoms. The second-order valence-electron chi connectivity index (χ2n) is 6.85. The van der Waals surface area contributed by atoms with Crippen molar-refractivity contribution in [3.8, 4) is 23.0 Å². The first-order valence-corrected chi connectivity index (χ1v) is 11.1. The Kier molecular flexibility index (Phi) is 6.85. The van der Waals surface area contributed by atoms with Gasteiger partial charge in [0.15, 0.2) is 10.9 Å². The van der Waals surface area contributed by atoms with Crippen LogP contribution in [-0.4, -0.2) is 33.5 Å². The lowest BCUT2D eigenvalue weighted by Crippen LogP contribution is -2.16. The molecule has 4 rings (SSSR count). The number of hydrogen-bond donors (Lipinski definition) is 1. The number of nitrogens with one attached hydrogen (secondary N) is 1. The predicted octanol–water partition coefficient (Wildman–Crippen LogP) is 5.94. The van der Waals surface area contributed by atoms with Gasteiger partial charge in [-0.2, -0.15) is 13.2 Å². The molecule has 0 atom stereocenters. The lowest BCUT2D eigenvalue weighted by molar-refractivity contribution is -0.137. The van der Waals surface area contributed by atoms with Crippen LogP contribution in [0.15, 0.2) is 70.4 Å². The van der Waals surface area contributed by atoms with E-state index < -0.39 is 17.6 Å². The van der Waals surface area contributed by atoms with E-state index in [1.54, 1.807) is 48.1 Å². The molecule has 2 heterocycles. The van der Waals surface area contributed by atoms with E-state index in [4.69, 9.17) is 20.8 Å². The van der Waals surface area contributed by atoms with Gasteiger partial charge >= 0.3 is 6.18 Å². The number of furan rings is 1. The van der Waals surface area contributed by atoms with E-state index in [0.29, 0.717) is 28.2 Å². The van der Waals surface area contributed by atoms with Gasteiger partial charge in [0.05, 0.1) is 41.1 Å². The molecule has 0 unspecified atom stereocenters. The number of aromatic nitrogens is 3. The van der Waals surface area contributed by atoms with Gasteiger partial charge in [-0.05, 0) is 54.6 Å². The Morgan fingerprint density at radius 1 is 1.18 bits per heavy atom. The molecule has 1 N–H and O–H groups in total. The Bertz CT molecular complexity index is 1290. The molecular weight excluding hydrogens is 493 g/mol. The van der Waals surface area contributed by atoms with E-state index in [-0.39, 0.29) is 16.5 Å². The molecule has 34 heavy (non-hydrogen) atoms.